The molecule has 1 aliphatic rings. The van der Waals surface area contributed by atoms with Crippen LogP contribution in [0.2, 0.25) is 0 Å². The van der Waals surface area contributed by atoms with Gasteiger partial charge in [-0.2, -0.15) is 0 Å². The van der Waals surface area contributed by atoms with Crippen LogP contribution in [-0.4, -0.2) is 38.2 Å². The lowest BCUT2D eigenvalue weighted by atomic mass is 10.2. The lowest BCUT2D eigenvalue weighted by molar-refractivity contribution is -0.144. The molecule has 19 heavy (non-hydrogen) atoms. The molecule has 1 N–H and O–H groups in total. The number of carbonyl (C=O) groups is 2. The van der Waals surface area contributed by atoms with Crippen molar-refractivity contribution in [2.45, 2.75) is 13.0 Å². The van der Waals surface area contributed by atoms with Crippen molar-refractivity contribution in [3.63, 3.8) is 0 Å². The molecular formula is C13H13N3O2S. The molecule has 0 bridgehead atoms. The molecule has 2 aromatic rings. The van der Waals surface area contributed by atoms with Crippen molar-refractivity contribution in [3.8, 4) is 0 Å². The fraction of sp³-hybridized carbons (Fsp3) is 0.308. The molecule has 1 atom stereocenters. The predicted octanol–water partition coefficient (Wildman–Crippen LogP) is 1.73. The Labute approximate surface area is 114 Å². The first kappa shape index (κ1) is 12.2. The molecule has 3 rings (SSSR count). The van der Waals surface area contributed by atoms with Crippen LogP contribution in [0, 0.1) is 0 Å². The van der Waals surface area contributed by atoms with Crippen LogP contribution < -0.4 is 0 Å². The van der Waals surface area contributed by atoms with E-state index in [0.29, 0.717) is 17.3 Å². The summed E-state index contributed by atoms with van der Waals surface area (Å²) in [5.74, 6) is 1.07. The Hall–Kier alpha value is -1.82. The van der Waals surface area contributed by atoms with Crippen LogP contribution in [0.25, 0.3) is 11.0 Å². The summed E-state index contributed by atoms with van der Waals surface area (Å²) in [6.45, 7) is 1.82. The Morgan fingerprint density at radius 1 is 1.26 bits per heavy atom. The fourth-order valence-electron chi connectivity index (χ4n) is 2.23. The Morgan fingerprint density at radius 2 is 1.95 bits per heavy atom. The summed E-state index contributed by atoms with van der Waals surface area (Å²) < 4.78 is 0. The Balaban J connectivity index is 1.96. The summed E-state index contributed by atoms with van der Waals surface area (Å²) >= 11 is 1.36. The average molecular weight is 275 g/mol. The van der Waals surface area contributed by atoms with Crippen molar-refractivity contribution >= 4 is 34.6 Å². The maximum atomic E-state index is 11.9. The van der Waals surface area contributed by atoms with E-state index in [1.165, 1.54) is 16.7 Å². The van der Waals surface area contributed by atoms with Gasteiger partial charge in [-0.1, -0.05) is 12.1 Å². The van der Waals surface area contributed by atoms with E-state index in [-0.39, 0.29) is 17.9 Å². The van der Waals surface area contributed by atoms with E-state index in [9.17, 15) is 9.59 Å². The third-order valence-corrected chi connectivity index (χ3v) is 4.08. The van der Waals surface area contributed by atoms with Crippen LogP contribution in [0.15, 0.2) is 24.3 Å². The fourth-order valence-corrected chi connectivity index (χ4v) is 2.96. The van der Waals surface area contributed by atoms with E-state index in [0.717, 1.165) is 11.0 Å². The van der Waals surface area contributed by atoms with E-state index in [1.54, 1.807) is 0 Å². The zero-order valence-electron chi connectivity index (χ0n) is 10.4. The Bertz CT molecular complexity index is 603. The number of H-pyrrole nitrogens is 1. The predicted molar refractivity (Wildman–Crippen MR) is 73.7 cm³/mol. The zero-order chi connectivity index (χ0) is 13.4. The lowest BCUT2D eigenvalue weighted by Gasteiger charge is -2.29. The summed E-state index contributed by atoms with van der Waals surface area (Å²) in [6.07, 6.45) is 0. The molecule has 0 aliphatic carbocycles. The molecule has 1 unspecified atom stereocenters. The number of imide groups is 1. The highest BCUT2D eigenvalue weighted by molar-refractivity contribution is 8.00. The van der Waals surface area contributed by atoms with Crippen LogP contribution in [0.4, 0.5) is 0 Å². The monoisotopic (exact) mass is 275 g/mol. The van der Waals surface area contributed by atoms with Gasteiger partial charge in [-0.05, 0) is 19.1 Å². The first-order valence-electron chi connectivity index (χ1n) is 6.04. The number of rotatable bonds is 2. The van der Waals surface area contributed by atoms with Gasteiger partial charge in [0.05, 0.1) is 28.6 Å². The highest BCUT2D eigenvalue weighted by atomic mass is 32.2. The average Bonchev–Trinajstić information content (AvgIpc) is 2.82. The molecule has 1 aromatic heterocycles. The number of imidazole rings is 1. The van der Waals surface area contributed by atoms with Gasteiger partial charge < -0.3 is 4.98 Å². The van der Waals surface area contributed by atoms with Gasteiger partial charge in [-0.3, -0.25) is 14.5 Å². The second-order valence-electron chi connectivity index (χ2n) is 4.47. The van der Waals surface area contributed by atoms with Gasteiger partial charge in [0.25, 0.3) is 0 Å². The van der Waals surface area contributed by atoms with Crippen LogP contribution in [0.3, 0.4) is 0 Å². The van der Waals surface area contributed by atoms with Crippen LogP contribution >= 0.6 is 11.8 Å². The molecule has 5 nitrogen and oxygen atoms in total. The molecule has 1 saturated heterocycles. The summed E-state index contributed by atoms with van der Waals surface area (Å²) in [5.41, 5.74) is 1.76. The molecule has 2 heterocycles. The molecule has 98 valence electrons. The van der Waals surface area contributed by atoms with Gasteiger partial charge in [0.2, 0.25) is 11.8 Å². The van der Waals surface area contributed by atoms with E-state index >= 15 is 0 Å². The highest BCUT2D eigenvalue weighted by Gasteiger charge is 2.32. The van der Waals surface area contributed by atoms with Crippen LogP contribution in [-0.2, 0) is 9.59 Å². The molecule has 1 aliphatic heterocycles. The van der Waals surface area contributed by atoms with Crippen molar-refractivity contribution in [1.29, 1.82) is 0 Å². The number of fused-ring (bicyclic) bond motifs is 1. The number of aromatic amines is 1. The zero-order valence-corrected chi connectivity index (χ0v) is 11.2. The minimum Gasteiger partial charge on any atom is -0.340 e. The van der Waals surface area contributed by atoms with Gasteiger partial charge in [0.1, 0.15) is 5.82 Å². The Kier molecular flexibility index (Phi) is 3.02. The number of benzene rings is 1. The summed E-state index contributed by atoms with van der Waals surface area (Å²) in [6, 6.07) is 7.30. The standard InChI is InChI=1S/C13H13N3O2S/c1-8(16-11(17)6-19-7-12(16)18)13-14-9-4-2-3-5-10(9)15-13/h2-5,8H,6-7H2,1H3,(H,14,15). The Morgan fingerprint density at radius 3 is 2.63 bits per heavy atom. The van der Waals surface area contributed by atoms with E-state index in [4.69, 9.17) is 0 Å². The number of aromatic nitrogens is 2. The number of para-hydroxylation sites is 2. The first-order valence-corrected chi connectivity index (χ1v) is 7.19. The quantitative estimate of drug-likeness (QED) is 0.848. The number of nitrogens with one attached hydrogen (secondary N) is 1. The first-order chi connectivity index (χ1) is 9.16. The second kappa shape index (κ2) is 4.70. The van der Waals surface area contributed by atoms with Crippen molar-refractivity contribution in [3.05, 3.63) is 30.1 Å². The number of thioether (sulfide) groups is 1. The number of amides is 2. The van der Waals surface area contributed by atoms with Crippen molar-refractivity contribution in [2.24, 2.45) is 0 Å². The topological polar surface area (TPSA) is 66.1 Å². The smallest absolute Gasteiger partial charge is 0.239 e. The van der Waals surface area contributed by atoms with Crippen molar-refractivity contribution < 1.29 is 9.59 Å². The SMILES string of the molecule is CC(c1nc2ccccc2[nH]1)N1C(=O)CSCC1=O. The van der Waals surface area contributed by atoms with Crippen LogP contribution in [0.5, 0.6) is 0 Å². The number of hydrogen-bond donors (Lipinski definition) is 1. The molecule has 1 fully saturated rings. The van der Waals surface area contributed by atoms with Gasteiger partial charge >= 0.3 is 0 Å². The second-order valence-corrected chi connectivity index (χ2v) is 5.45. The van der Waals surface area contributed by atoms with Crippen molar-refractivity contribution in [2.75, 3.05) is 11.5 Å². The summed E-state index contributed by atoms with van der Waals surface area (Å²) in [4.78, 5) is 32.7. The van der Waals surface area contributed by atoms with Gasteiger partial charge in [0.15, 0.2) is 0 Å². The molecule has 0 saturated carbocycles. The van der Waals surface area contributed by atoms with E-state index < -0.39 is 0 Å². The largest absolute Gasteiger partial charge is 0.340 e. The minimum atomic E-state index is -0.353. The van der Waals surface area contributed by atoms with E-state index in [2.05, 4.69) is 9.97 Å². The maximum Gasteiger partial charge on any atom is 0.239 e. The van der Waals surface area contributed by atoms with Gasteiger partial charge in [0, 0.05) is 0 Å². The molecule has 6 heteroatoms. The van der Waals surface area contributed by atoms with Crippen molar-refractivity contribution in [1.82, 2.24) is 14.9 Å². The van der Waals surface area contributed by atoms with E-state index in [1.807, 2.05) is 31.2 Å². The molecule has 2 amide bonds. The molecular weight excluding hydrogens is 262 g/mol. The number of nitrogens with zero attached hydrogens (tertiary/aromatic N) is 2. The molecule has 1 aromatic carbocycles. The third-order valence-electron chi connectivity index (χ3n) is 3.18. The minimum absolute atomic E-state index is 0.144. The number of hydrogen-bond acceptors (Lipinski definition) is 4. The number of carbonyl (C=O) groups excluding carboxylic acids is 2. The van der Waals surface area contributed by atoms with Crippen LogP contribution in [0.1, 0.15) is 18.8 Å². The van der Waals surface area contributed by atoms with Gasteiger partial charge in [-0.15, -0.1) is 11.8 Å². The summed E-state index contributed by atoms with van der Waals surface area (Å²) in [7, 11) is 0. The normalized spacial score (nSPS) is 18.1. The van der Waals surface area contributed by atoms with Gasteiger partial charge in [-0.25, -0.2) is 4.98 Å². The summed E-state index contributed by atoms with van der Waals surface area (Å²) in [5, 5.41) is 0. The molecule has 0 radical (unpaired) electrons. The molecule has 0 spiro atoms. The highest BCUT2D eigenvalue weighted by Crippen LogP contribution is 2.25. The third kappa shape index (κ3) is 2.12. The lowest BCUT2D eigenvalue weighted by Crippen LogP contribution is -2.44. The maximum absolute atomic E-state index is 11.9.